The normalized spacial score (nSPS) is 9.86. The van der Waals surface area contributed by atoms with Gasteiger partial charge in [0.1, 0.15) is 5.69 Å². The van der Waals surface area contributed by atoms with Gasteiger partial charge in [-0.3, -0.25) is 4.79 Å². The highest BCUT2D eigenvalue weighted by atomic mass is 16.5. The topological polar surface area (TPSA) is 60.5 Å². The molecule has 5 heteroatoms. The van der Waals surface area contributed by atoms with Gasteiger partial charge in [-0.1, -0.05) is 18.1 Å². The van der Waals surface area contributed by atoms with Crippen molar-refractivity contribution in [1.82, 2.24) is 4.98 Å². The minimum atomic E-state index is -0.233. The fourth-order valence-electron chi connectivity index (χ4n) is 2.64. The zero-order valence-corrected chi connectivity index (χ0v) is 16.4. The lowest BCUT2D eigenvalue weighted by Crippen LogP contribution is -2.12. The van der Waals surface area contributed by atoms with Crippen molar-refractivity contribution < 1.29 is 14.3 Å². The first-order valence-corrected chi connectivity index (χ1v) is 9.43. The third kappa shape index (κ3) is 5.60. The van der Waals surface area contributed by atoms with Crippen LogP contribution >= 0.6 is 0 Å². The Labute approximate surface area is 170 Å². The number of nitrogens with zero attached hydrogens (tertiary/aromatic N) is 1. The summed E-state index contributed by atoms with van der Waals surface area (Å²) in [5.41, 5.74) is 2.63. The maximum atomic E-state index is 12.7. The molecular weight excluding hydrogens is 364 g/mol. The average molecular weight is 386 g/mol. The Bertz CT molecular complexity index is 1040. The van der Waals surface area contributed by atoms with Gasteiger partial charge in [-0.25, -0.2) is 4.98 Å². The predicted octanol–water partition coefficient (Wildman–Crippen LogP) is 4.53. The first-order chi connectivity index (χ1) is 14.2. The molecule has 5 nitrogen and oxygen atoms in total. The summed E-state index contributed by atoms with van der Waals surface area (Å²) >= 11 is 0. The molecule has 0 saturated carbocycles. The molecule has 1 N–H and O–H groups in total. The predicted molar refractivity (Wildman–Crippen MR) is 113 cm³/mol. The van der Waals surface area contributed by atoms with Gasteiger partial charge in [-0.15, -0.1) is 0 Å². The number of aromatic nitrogens is 1. The summed E-state index contributed by atoms with van der Waals surface area (Å²) in [6.45, 7) is 4.81. The van der Waals surface area contributed by atoms with Crippen molar-refractivity contribution in [2.45, 2.75) is 13.8 Å². The molecule has 29 heavy (non-hydrogen) atoms. The van der Waals surface area contributed by atoms with E-state index in [1.54, 1.807) is 24.4 Å². The van der Waals surface area contributed by atoms with Gasteiger partial charge in [0.05, 0.1) is 13.2 Å². The molecule has 0 aliphatic rings. The number of benzene rings is 2. The van der Waals surface area contributed by atoms with Crippen molar-refractivity contribution in [1.29, 1.82) is 0 Å². The van der Waals surface area contributed by atoms with Crippen molar-refractivity contribution in [2.75, 3.05) is 18.5 Å². The molecule has 1 aromatic heterocycles. The second-order valence-electron chi connectivity index (χ2n) is 6.03. The molecule has 0 bridgehead atoms. The van der Waals surface area contributed by atoms with Crippen LogP contribution in [0.3, 0.4) is 0 Å². The van der Waals surface area contributed by atoms with E-state index in [-0.39, 0.29) is 5.91 Å². The Balaban J connectivity index is 1.76. The molecule has 2 aromatic carbocycles. The average Bonchev–Trinajstić information content (AvgIpc) is 2.75. The number of nitrogens with one attached hydrogen (secondary N) is 1. The van der Waals surface area contributed by atoms with Crippen molar-refractivity contribution in [3.05, 3.63) is 83.7 Å². The Morgan fingerprint density at radius 1 is 0.931 bits per heavy atom. The van der Waals surface area contributed by atoms with Gasteiger partial charge in [-0.05, 0) is 68.3 Å². The van der Waals surface area contributed by atoms with E-state index in [2.05, 4.69) is 22.1 Å². The van der Waals surface area contributed by atoms with Crippen LogP contribution in [0.25, 0.3) is 0 Å². The van der Waals surface area contributed by atoms with Crippen LogP contribution < -0.4 is 14.8 Å². The zero-order chi connectivity index (χ0) is 20.5. The molecule has 0 radical (unpaired) electrons. The summed E-state index contributed by atoms with van der Waals surface area (Å²) in [7, 11) is 0. The lowest BCUT2D eigenvalue weighted by Gasteiger charge is -2.12. The maximum Gasteiger partial charge on any atom is 0.255 e. The first kappa shape index (κ1) is 20.0. The Kier molecular flexibility index (Phi) is 6.85. The van der Waals surface area contributed by atoms with E-state index >= 15 is 0 Å². The number of carbonyl (C=O) groups excluding carboxylic acids is 1. The maximum absolute atomic E-state index is 12.7. The molecule has 3 aromatic rings. The zero-order valence-electron chi connectivity index (χ0n) is 16.4. The minimum Gasteiger partial charge on any atom is -0.490 e. The lowest BCUT2D eigenvalue weighted by molar-refractivity contribution is 0.102. The van der Waals surface area contributed by atoms with E-state index < -0.39 is 0 Å². The van der Waals surface area contributed by atoms with E-state index in [0.717, 1.165) is 5.56 Å². The standard InChI is InChI=1S/C24H22N2O3/c1-3-28-22-14-12-19(17-23(22)29-4-2)24(27)26-21-10-7-8-18(16-21)11-13-20-9-5-6-15-25-20/h5-10,12,14-17H,3-4H2,1-2H3,(H,26,27). The van der Waals surface area contributed by atoms with Crippen LogP contribution in [0.4, 0.5) is 5.69 Å². The van der Waals surface area contributed by atoms with E-state index in [1.165, 1.54) is 0 Å². The molecular formula is C24H22N2O3. The number of pyridine rings is 1. The fourth-order valence-corrected chi connectivity index (χ4v) is 2.64. The van der Waals surface area contributed by atoms with Gasteiger partial charge >= 0.3 is 0 Å². The van der Waals surface area contributed by atoms with E-state index in [4.69, 9.17) is 9.47 Å². The number of carbonyl (C=O) groups is 1. The molecule has 0 spiro atoms. The van der Waals surface area contributed by atoms with Gasteiger partial charge in [0.15, 0.2) is 11.5 Å². The molecule has 0 unspecified atom stereocenters. The van der Waals surface area contributed by atoms with Gasteiger partial charge in [0.2, 0.25) is 0 Å². The molecule has 0 aliphatic carbocycles. The van der Waals surface area contributed by atoms with Gasteiger partial charge in [-0.2, -0.15) is 0 Å². The molecule has 1 amide bonds. The number of hydrogen-bond donors (Lipinski definition) is 1. The Hall–Kier alpha value is -3.78. The van der Waals surface area contributed by atoms with Crippen molar-refractivity contribution >= 4 is 11.6 Å². The molecule has 0 saturated heterocycles. The van der Waals surface area contributed by atoms with Crippen LogP contribution in [0.15, 0.2) is 66.9 Å². The molecule has 0 aliphatic heterocycles. The number of hydrogen-bond acceptors (Lipinski definition) is 4. The van der Waals surface area contributed by atoms with Crippen LogP contribution in [0.2, 0.25) is 0 Å². The van der Waals surface area contributed by atoms with Gasteiger partial charge < -0.3 is 14.8 Å². The first-order valence-electron chi connectivity index (χ1n) is 9.43. The highest BCUT2D eigenvalue weighted by molar-refractivity contribution is 6.04. The van der Waals surface area contributed by atoms with Crippen molar-refractivity contribution in [2.24, 2.45) is 0 Å². The summed E-state index contributed by atoms with van der Waals surface area (Å²) in [6.07, 6.45) is 1.70. The fraction of sp³-hybridized carbons (Fsp3) is 0.167. The summed E-state index contributed by atoms with van der Waals surface area (Å²) in [6, 6.07) is 18.1. The monoisotopic (exact) mass is 386 g/mol. The highest BCUT2D eigenvalue weighted by Gasteiger charge is 2.12. The van der Waals surface area contributed by atoms with Crippen LogP contribution in [-0.4, -0.2) is 24.1 Å². The second kappa shape index (κ2) is 9.95. The SMILES string of the molecule is CCOc1ccc(C(=O)Nc2cccc(C#Cc3ccccn3)c2)cc1OCC. The number of ether oxygens (including phenoxy) is 2. The Morgan fingerprint density at radius 2 is 1.76 bits per heavy atom. The summed E-state index contributed by atoms with van der Waals surface area (Å²) in [4.78, 5) is 16.9. The lowest BCUT2D eigenvalue weighted by atomic mass is 10.1. The summed E-state index contributed by atoms with van der Waals surface area (Å²) < 4.78 is 11.1. The van der Waals surface area contributed by atoms with E-state index in [1.807, 2.05) is 56.3 Å². The molecule has 3 rings (SSSR count). The van der Waals surface area contributed by atoms with Crippen LogP contribution in [0, 0.1) is 11.8 Å². The third-order valence-corrected chi connectivity index (χ3v) is 3.93. The smallest absolute Gasteiger partial charge is 0.255 e. The number of anilines is 1. The number of amides is 1. The second-order valence-corrected chi connectivity index (χ2v) is 6.03. The molecule has 146 valence electrons. The molecule has 1 heterocycles. The van der Waals surface area contributed by atoms with Crippen LogP contribution in [0.1, 0.15) is 35.5 Å². The van der Waals surface area contributed by atoms with E-state index in [9.17, 15) is 4.79 Å². The van der Waals surface area contributed by atoms with Gasteiger partial charge in [0.25, 0.3) is 5.91 Å². The van der Waals surface area contributed by atoms with E-state index in [0.29, 0.717) is 41.7 Å². The largest absolute Gasteiger partial charge is 0.490 e. The van der Waals surface area contributed by atoms with Crippen molar-refractivity contribution in [3.63, 3.8) is 0 Å². The quantitative estimate of drug-likeness (QED) is 0.632. The third-order valence-electron chi connectivity index (χ3n) is 3.93. The highest BCUT2D eigenvalue weighted by Crippen LogP contribution is 2.29. The van der Waals surface area contributed by atoms with Gasteiger partial charge in [0, 0.05) is 23.0 Å². The van der Waals surface area contributed by atoms with Crippen molar-refractivity contribution in [3.8, 4) is 23.3 Å². The molecule has 0 fully saturated rings. The summed E-state index contributed by atoms with van der Waals surface area (Å²) in [5, 5.41) is 2.90. The minimum absolute atomic E-state index is 0.233. The summed E-state index contributed by atoms with van der Waals surface area (Å²) in [5.74, 6) is 7.01. The molecule has 0 atom stereocenters. The van der Waals surface area contributed by atoms with Crippen LogP contribution in [0.5, 0.6) is 11.5 Å². The van der Waals surface area contributed by atoms with Crippen LogP contribution in [-0.2, 0) is 0 Å². The Morgan fingerprint density at radius 3 is 2.52 bits per heavy atom. The number of rotatable bonds is 6.